The van der Waals surface area contributed by atoms with Gasteiger partial charge in [0.2, 0.25) is 17.6 Å². The summed E-state index contributed by atoms with van der Waals surface area (Å²) in [6, 6.07) is 5.92. The van der Waals surface area contributed by atoms with Crippen LogP contribution >= 0.6 is 0 Å². The SMILES string of the molecule is CCCC(=O)N1CCCCC1C(=O)Nc1ccc2oc(C(=O)O)cc2c1. The zero-order valence-corrected chi connectivity index (χ0v) is 14.7. The quantitative estimate of drug-likeness (QED) is 0.854. The molecule has 0 radical (unpaired) electrons. The Morgan fingerprint density at radius 2 is 2.08 bits per heavy atom. The molecular formula is C19H22N2O5. The number of benzene rings is 1. The van der Waals surface area contributed by atoms with Gasteiger partial charge >= 0.3 is 5.97 Å². The van der Waals surface area contributed by atoms with Gasteiger partial charge in [-0.15, -0.1) is 0 Å². The van der Waals surface area contributed by atoms with E-state index < -0.39 is 12.0 Å². The molecule has 7 nitrogen and oxygen atoms in total. The maximum Gasteiger partial charge on any atom is 0.371 e. The van der Waals surface area contributed by atoms with Crippen molar-refractivity contribution in [2.45, 2.75) is 45.1 Å². The fourth-order valence-electron chi connectivity index (χ4n) is 3.31. The summed E-state index contributed by atoms with van der Waals surface area (Å²) in [6.45, 7) is 2.56. The van der Waals surface area contributed by atoms with Crippen molar-refractivity contribution in [2.75, 3.05) is 11.9 Å². The molecule has 3 rings (SSSR count). The number of amides is 2. The van der Waals surface area contributed by atoms with E-state index in [1.165, 1.54) is 6.07 Å². The third kappa shape index (κ3) is 3.71. The van der Waals surface area contributed by atoms with Gasteiger partial charge in [-0.1, -0.05) is 6.92 Å². The minimum absolute atomic E-state index is 0.0173. The van der Waals surface area contributed by atoms with Crippen LogP contribution < -0.4 is 5.32 Å². The maximum absolute atomic E-state index is 12.7. The highest BCUT2D eigenvalue weighted by Gasteiger charge is 2.31. The van der Waals surface area contributed by atoms with Crippen LogP contribution in [0, 0.1) is 0 Å². The smallest absolute Gasteiger partial charge is 0.371 e. The van der Waals surface area contributed by atoms with E-state index in [4.69, 9.17) is 9.52 Å². The maximum atomic E-state index is 12.7. The van der Waals surface area contributed by atoms with E-state index in [2.05, 4.69) is 5.32 Å². The summed E-state index contributed by atoms with van der Waals surface area (Å²) < 4.78 is 5.22. The lowest BCUT2D eigenvalue weighted by atomic mass is 10.0. The Bertz CT molecular complexity index is 842. The minimum atomic E-state index is -1.14. The third-order valence-electron chi connectivity index (χ3n) is 4.58. The Kier molecular flexibility index (Phi) is 5.25. The fourth-order valence-corrected chi connectivity index (χ4v) is 3.31. The van der Waals surface area contributed by atoms with Gasteiger partial charge < -0.3 is 19.7 Å². The fraction of sp³-hybridized carbons (Fsp3) is 0.421. The molecule has 0 bridgehead atoms. The molecule has 7 heteroatoms. The van der Waals surface area contributed by atoms with E-state index in [0.717, 1.165) is 19.3 Å². The highest BCUT2D eigenvalue weighted by atomic mass is 16.4. The predicted molar refractivity (Wildman–Crippen MR) is 96.1 cm³/mol. The number of carboxylic acid groups (broad SMARTS) is 1. The van der Waals surface area contributed by atoms with Crippen LogP contribution in [0.25, 0.3) is 11.0 Å². The Balaban J connectivity index is 1.76. The molecule has 0 spiro atoms. The summed E-state index contributed by atoms with van der Waals surface area (Å²) in [7, 11) is 0. The lowest BCUT2D eigenvalue weighted by Gasteiger charge is -2.34. The van der Waals surface area contributed by atoms with Gasteiger partial charge in [0, 0.05) is 24.0 Å². The van der Waals surface area contributed by atoms with Gasteiger partial charge in [0.05, 0.1) is 0 Å². The standard InChI is InChI=1S/C19H22N2O5/c1-2-5-17(22)21-9-4-3-6-14(21)18(23)20-13-7-8-15-12(10-13)11-16(26-15)19(24)25/h7-8,10-11,14H,2-6,9H2,1H3,(H,20,23)(H,24,25). The van der Waals surface area contributed by atoms with Crippen molar-refractivity contribution in [1.82, 2.24) is 4.90 Å². The number of furan rings is 1. The van der Waals surface area contributed by atoms with Gasteiger partial charge in [-0.25, -0.2) is 4.79 Å². The van der Waals surface area contributed by atoms with Crippen LogP contribution in [0.4, 0.5) is 5.69 Å². The normalized spacial score (nSPS) is 17.3. The number of nitrogens with zero attached hydrogens (tertiary/aromatic N) is 1. The van der Waals surface area contributed by atoms with Crippen LogP contribution in [0.5, 0.6) is 0 Å². The van der Waals surface area contributed by atoms with E-state index in [-0.39, 0.29) is 17.6 Å². The summed E-state index contributed by atoms with van der Waals surface area (Å²) in [5.41, 5.74) is 0.992. The molecule has 2 aromatic rings. The summed E-state index contributed by atoms with van der Waals surface area (Å²) in [6.07, 6.45) is 3.68. The average Bonchev–Trinajstić information content (AvgIpc) is 3.05. The van der Waals surface area contributed by atoms with Crippen molar-refractivity contribution >= 4 is 34.4 Å². The molecule has 1 aliphatic heterocycles. The average molecular weight is 358 g/mol. The molecule has 2 amide bonds. The molecule has 1 unspecified atom stereocenters. The van der Waals surface area contributed by atoms with E-state index in [1.54, 1.807) is 23.1 Å². The molecule has 1 aliphatic rings. The first-order valence-corrected chi connectivity index (χ1v) is 8.87. The summed E-state index contributed by atoms with van der Waals surface area (Å²) in [4.78, 5) is 37.7. The van der Waals surface area contributed by atoms with Crippen molar-refractivity contribution in [3.8, 4) is 0 Å². The number of likely N-dealkylation sites (tertiary alicyclic amines) is 1. The molecule has 26 heavy (non-hydrogen) atoms. The van der Waals surface area contributed by atoms with E-state index in [0.29, 0.717) is 36.0 Å². The number of hydrogen-bond donors (Lipinski definition) is 2. The van der Waals surface area contributed by atoms with Crippen molar-refractivity contribution in [3.63, 3.8) is 0 Å². The second-order valence-electron chi connectivity index (χ2n) is 6.51. The topological polar surface area (TPSA) is 99.9 Å². The Hall–Kier alpha value is -2.83. The molecular weight excluding hydrogens is 336 g/mol. The first-order valence-electron chi connectivity index (χ1n) is 8.87. The number of carbonyl (C=O) groups is 3. The summed E-state index contributed by atoms with van der Waals surface area (Å²) in [5, 5.41) is 12.4. The number of anilines is 1. The number of fused-ring (bicyclic) bond motifs is 1. The number of carbonyl (C=O) groups excluding carboxylic acids is 2. The lowest BCUT2D eigenvalue weighted by molar-refractivity contribution is -0.140. The second kappa shape index (κ2) is 7.59. The van der Waals surface area contributed by atoms with E-state index in [9.17, 15) is 14.4 Å². The first-order chi connectivity index (χ1) is 12.5. The number of carboxylic acids is 1. The molecule has 1 saturated heterocycles. The van der Waals surface area contributed by atoms with Crippen LogP contribution in [0.15, 0.2) is 28.7 Å². The van der Waals surface area contributed by atoms with Crippen LogP contribution in [-0.4, -0.2) is 40.4 Å². The zero-order valence-electron chi connectivity index (χ0n) is 14.7. The number of nitrogens with one attached hydrogen (secondary N) is 1. The first kappa shape index (κ1) is 18.0. The summed E-state index contributed by atoms with van der Waals surface area (Å²) in [5.74, 6) is -1.48. The summed E-state index contributed by atoms with van der Waals surface area (Å²) >= 11 is 0. The monoisotopic (exact) mass is 358 g/mol. The van der Waals surface area contributed by atoms with Crippen LogP contribution in [0.1, 0.15) is 49.6 Å². The molecule has 1 fully saturated rings. The van der Waals surface area contributed by atoms with Gasteiger partial charge in [-0.05, 0) is 49.9 Å². The number of piperidine rings is 1. The lowest BCUT2D eigenvalue weighted by Crippen LogP contribution is -2.49. The Labute approximate surface area is 151 Å². The molecule has 0 aliphatic carbocycles. The molecule has 0 saturated carbocycles. The molecule has 1 aromatic carbocycles. The predicted octanol–water partition coefficient (Wildman–Crippen LogP) is 3.25. The second-order valence-corrected chi connectivity index (χ2v) is 6.51. The van der Waals surface area contributed by atoms with Crippen LogP contribution in [-0.2, 0) is 9.59 Å². The van der Waals surface area contributed by atoms with E-state index in [1.807, 2.05) is 6.92 Å². The molecule has 1 atom stereocenters. The highest BCUT2D eigenvalue weighted by molar-refractivity contribution is 5.99. The van der Waals surface area contributed by atoms with Crippen molar-refractivity contribution in [2.24, 2.45) is 0 Å². The largest absolute Gasteiger partial charge is 0.475 e. The third-order valence-corrected chi connectivity index (χ3v) is 4.58. The van der Waals surface area contributed by atoms with Gasteiger partial charge in [0.15, 0.2) is 0 Å². The van der Waals surface area contributed by atoms with Gasteiger partial charge in [0.25, 0.3) is 0 Å². The van der Waals surface area contributed by atoms with Gasteiger partial charge in [-0.3, -0.25) is 9.59 Å². The van der Waals surface area contributed by atoms with Crippen LogP contribution in [0.2, 0.25) is 0 Å². The van der Waals surface area contributed by atoms with Gasteiger partial charge in [-0.2, -0.15) is 0 Å². The van der Waals surface area contributed by atoms with Crippen molar-refractivity contribution in [3.05, 3.63) is 30.0 Å². The van der Waals surface area contributed by atoms with E-state index >= 15 is 0 Å². The minimum Gasteiger partial charge on any atom is -0.475 e. The van der Waals surface area contributed by atoms with Crippen LogP contribution in [0.3, 0.4) is 0 Å². The Morgan fingerprint density at radius 3 is 2.81 bits per heavy atom. The molecule has 138 valence electrons. The molecule has 1 aromatic heterocycles. The highest BCUT2D eigenvalue weighted by Crippen LogP contribution is 2.25. The zero-order chi connectivity index (χ0) is 18.7. The molecule has 2 N–H and O–H groups in total. The Morgan fingerprint density at radius 1 is 1.27 bits per heavy atom. The number of aromatic carboxylic acids is 1. The van der Waals surface area contributed by atoms with Crippen molar-refractivity contribution in [1.29, 1.82) is 0 Å². The van der Waals surface area contributed by atoms with Crippen molar-refractivity contribution < 1.29 is 23.9 Å². The number of hydrogen-bond acceptors (Lipinski definition) is 4. The van der Waals surface area contributed by atoms with Gasteiger partial charge in [0.1, 0.15) is 11.6 Å². The number of rotatable bonds is 5. The molecule has 2 heterocycles.